The van der Waals surface area contributed by atoms with E-state index in [9.17, 15) is 14.4 Å². The Morgan fingerprint density at radius 3 is 1.94 bits per heavy atom. The number of rotatable bonds is 7. The topological polar surface area (TPSA) is 102 Å². The summed E-state index contributed by atoms with van der Waals surface area (Å²) in [6, 6.07) is 0.0246. The average molecular weight is 859 g/mol. The highest BCUT2D eigenvalue weighted by molar-refractivity contribution is 5.86. The zero-order valence-corrected chi connectivity index (χ0v) is 41.4. The van der Waals surface area contributed by atoms with Crippen molar-refractivity contribution in [3.05, 3.63) is 12.2 Å². The van der Waals surface area contributed by atoms with Crippen molar-refractivity contribution in [2.75, 3.05) is 13.1 Å². The number of carbonyl (C=O) groups excluding carboxylic acids is 4. The maximum atomic E-state index is 15.1. The van der Waals surface area contributed by atoms with Gasteiger partial charge in [-0.05, 0) is 181 Å². The number of likely N-dealkylation sites (tertiary alicyclic amines) is 1. The smallest absolute Gasteiger partial charge is 0.310 e. The van der Waals surface area contributed by atoms with Gasteiger partial charge >= 0.3 is 11.9 Å². The number of amides is 2. The van der Waals surface area contributed by atoms with Crippen LogP contribution in [0.2, 0.25) is 0 Å². The molecule has 8 heteroatoms. The Morgan fingerprint density at radius 2 is 1.32 bits per heavy atom. The molecule has 0 aromatic rings. The molecule has 0 unspecified atom stereocenters. The minimum Gasteiger partial charge on any atom is -0.462 e. The fraction of sp³-hybridized carbons (Fsp3) is 0.889. The lowest BCUT2D eigenvalue weighted by Gasteiger charge is -2.73. The fourth-order valence-corrected chi connectivity index (χ4v) is 17.3. The maximum Gasteiger partial charge on any atom is 0.310 e. The van der Waals surface area contributed by atoms with Gasteiger partial charge in [-0.3, -0.25) is 19.2 Å². The van der Waals surface area contributed by atoms with Crippen LogP contribution >= 0.6 is 0 Å². The third-order valence-corrected chi connectivity index (χ3v) is 21.5. The summed E-state index contributed by atoms with van der Waals surface area (Å²) in [4.78, 5) is 57.9. The van der Waals surface area contributed by atoms with Crippen molar-refractivity contribution in [3.8, 4) is 0 Å². The third-order valence-electron chi connectivity index (χ3n) is 21.5. The summed E-state index contributed by atoms with van der Waals surface area (Å²) in [7, 11) is 0. The van der Waals surface area contributed by atoms with Gasteiger partial charge in [-0.25, -0.2) is 0 Å². The van der Waals surface area contributed by atoms with Crippen LogP contribution in [-0.2, 0) is 28.7 Å². The molecule has 8 aliphatic rings. The second-order valence-corrected chi connectivity index (χ2v) is 26.3. The van der Waals surface area contributed by atoms with Crippen LogP contribution in [0.15, 0.2) is 12.2 Å². The van der Waals surface area contributed by atoms with Crippen molar-refractivity contribution in [2.24, 2.45) is 85.2 Å². The van der Waals surface area contributed by atoms with Gasteiger partial charge in [0.25, 0.3) is 0 Å². The second kappa shape index (κ2) is 15.1. The SMILES string of the molecule is C=C(C)[C@@H]1CC[C@]2(C(=O)N[C@H]3C[C@@H](C(=O)N4CCCCC4)C3(C)C)CC[C@]3(C)[C@H](CC[C@@H]4[C@@]5(C)CC[C@H](OC(=O)[C@@H]6C[C@H](C(=O)OC(C)(C)C)C6(C)C)C(C)(C)[C@@H]5CC[C@]43C)[C@@H]12. The van der Waals surface area contributed by atoms with Crippen LogP contribution in [0, 0.1) is 85.2 Å². The van der Waals surface area contributed by atoms with Crippen molar-refractivity contribution < 1.29 is 28.7 Å². The quantitative estimate of drug-likeness (QED) is 0.202. The van der Waals surface area contributed by atoms with Crippen LogP contribution < -0.4 is 5.32 Å². The Balaban J connectivity index is 0.975. The Kier molecular flexibility index (Phi) is 11.2. The number of allylic oxidation sites excluding steroid dienone is 1. The number of hydrogen-bond donors (Lipinski definition) is 1. The standard InChI is InChI=1S/C54H86N2O6/c1-32(2)33-20-25-54(46(60)55-40-31-35(49(40,8)9)43(57)56-28-16-15-17-29-56)27-26-52(13)34(42(33)54)18-19-39-51(12)23-22-41(50(10,11)38(51)21-24-53(39,52)14)61-44(58)36-30-37(48(36,6)7)45(59)62-47(3,4)5/h33-42H,1,15-31H2,2-14H3,(H,55,60)/t33-,34+,35-,36-,37+,38-,39+,40-,41-,42+,51-,52+,53+,54-/m0/s1. The number of piperidine rings is 1. The fourth-order valence-electron chi connectivity index (χ4n) is 17.3. The molecular formula is C54H86N2O6. The lowest BCUT2D eigenvalue weighted by Crippen LogP contribution is -2.68. The molecule has 14 atom stereocenters. The highest BCUT2D eigenvalue weighted by atomic mass is 16.6. The summed E-state index contributed by atoms with van der Waals surface area (Å²) in [5.74, 6) is 1.66. The van der Waals surface area contributed by atoms with E-state index in [1.165, 1.54) is 18.4 Å². The zero-order chi connectivity index (χ0) is 45.4. The molecule has 1 N–H and O–H groups in total. The molecule has 0 spiro atoms. The van der Waals surface area contributed by atoms with Gasteiger partial charge in [-0.2, -0.15) is 0 Å². The summed E-state index contributed by atoms with van der Waals surface area (Å²) in [5.41, 5.74) is -0.271. The minimum atomic E-state index is -0.556. The molecule has 8 fully saturated rings. The van der Waals surface area contributed by atoms with Crippen molar-refractivity contribution in [1.82, 2.24) is 10.2 Å². The first-order chi connectivity index (χ1) is 28.7. The molecule has 0 aromatic heterocycles. The Hall–Kier alpha value is -2.38. The molecule has 0 aromatic carbocycles. The van der Waals surface area contributed by atoms with Gasteiger partial charge < -0.3 is 19.7 Å². The second-order valence-electron chi connectivity index (χ2n) is 26.3. The predicted molar refractivity (Wildman–Crippen MR) is 244 cm³/mol. The number of hydrogen-bond acceptors (Lipinski definition) is 6. The van der Waals surface area contributed by atoms with Gasteiger partial charge in [0.1, 0.15) is 11.7 Å². The molecule has 7 aliphatic carbocycles. The van der Waals surface area contributed by atoms with E-state index in [1.807, 2.05) is 34.6 Å². The van der Waals surface area contributed by atoms with E-state index < -0.39 is 11.0 Å². The van der Waals surface area contributed by atoms with E-state index in [4.69, 9.17) is 9.47 Å². The molecule has 0 radical (unpaired) electrons. The van der Waals surface area contributed by atoms with Crippen molar-refractivity contribution >= 4 is 23.8 Å². The normalized spacial score (nSPS) is 45.0. The van der Waals surface area contributed by atoms with Gasteiger partial charge in [0.15, 0.2) is 0 Å². The summed E-state index contributed by atoms with van der Waals surface area (Å²) in [6.07, 6.45) is 15.0. The van der Waals surface area contributed by atoms with Crippen LogP contribution in [0.25, 0.3) is 0 Å². The predicted octanol–water partition coefficient (Wildman–Crippen LogP) is 11.1. The van der Waals surface area contributed by atoms with Crippen molar-refractivity contribution in [1.29, 1.82) is 0 Å². The van der Waals surface area contributed by atoms with Gasteiger partial charge in [0.2, 0.25) is 11.8 Å². The first-order valence-corrected chi connectivity index (χ1v) is 25.4. The van der Waals surface area contributed by atoms with E-state index in [0.29, 0.717) is 36.0 Å². The maximum absolute atomic E-state index is 15.1. The summed E-state index contributed by atoms with van der Waals surface area (Å²) in [5, 5.41) is 3.67. The molecule has 1 heterocycles. The molecule has 1 aliphatic heterocycles. The molecule has 62 heavy (non-hydrogen) atoms. The average Bonchev–Trinajstić information content (AvgIpc) is 3.58. The van der Waals surface area contributed by atoms with Crippen LogP contribution in [0.5, 0.6) is 0 Å². The van der Waals surface area contributed by atoms with Crippen molar-refractivity contribution in [3.63, 3.8) is 0 Å². The molecular weight excluding hydrogens is 773 g/mol. The number of ether oxygens (including phenoxy) is 2. The van der Waals surface area contributed by atoms with Crippen LogP contribution in [0.3, 0.4) is 0 Å². The molecule has 8 nitrogen and oxygen atoms in total. The largest absolute Gasteiger partial charge is 0.462 e. The lowest BCUT2D eigenvalue weighted by molar-refractivity contribution is -0.251. The van der Waals surface area contributed by atoms with E-state index in [1.54, 1.807) is 0 Å². The first-order valence-electron chi connectivity index (χ1n) is 25.4. The number of fused-ring (bicyclic) bond motifs is 7. The van der Waals surface area contributed by atoms with Gasteiger partial charge in [-0.1, -0.05) is 74.5 Å². The summed E-state index contributed by atoms with van der Waals surface area (Å²) < 4.78 is 12.3. The summed E-state index contributed by atoms with van der Waals surface area (Å²) >= 11 is 0. The van der Waals surface area contributed by atoms with Crippen LogP contribution in [-0.4, -0.2) is 59.5 Å². The number of esters is 2. The van der Waals surface area contributed by atoms with Gasteiger partial charge in [-0.15, -0.1) is 0 Å². The minimum absolute atomic E-state index is 0.0205. The van der Waals surface area contributed by atoms with Crippen LogP contribution in [0.4, 0.5) is 0 Å². The number of nitrogens with one attached hydrogen (secondary N) is 1. The van der Waals surface area contributed by atoms with E-state index >= 15 is 4.79 Å². The number of carbonyl (C=O) groups is 4. The molecule has 0 bridgehead atoms. The lowest BCUT2D eigenvalue weighted by atomic mass is 9.32. The van der Waals surface area contributed by atoms with E-state index in [-0.39, 0.29) is 86.2 Å². The van der Waals surface area contributed by atoms with E-state index in [0.717, 1.165) is 90.1 Å². The molecule has 1 saturated heterocycles. The molecule has 348 valence electrons. The monoisotopic (exact) mass is 859 g/mol. The highest BCUT2D eigenvalue weighted by Gasteiger charge is 2.72. The van der Waals surface area contributed by atoms with E-state index in [2.05, 4.69) is 72.2 Å². The summed E-state index contributed by atoms with van der Waals surface area (Å²) in [6.45, 7) is 35.3. The number of nitrogens with zero attached hydrogens (tertiary/aromatic N) is 1. The zero-order valence-electron chi connectivity index (χ0n) is 41.4. The highest BCUT2D eigenvalue weighted by Crippen LogP contribution is 2.78. The Labute approximate surface area is 376 Å². The molecule has 7 saturated carbocycles. The Morgan fingerprint density at radius 1 is 0.661 bits per heavy atom. The van der Waals surface area contributed by atoms with Crippen molar-refractivity contribution in [2.45, 2.75) is 204 Å². The molecule has 2 amide bonds. The van der Waals surface area contributed by atoms with Crippen LogP contribution in [0.1, 0.15) is 186 Å². The van der Waals surface area contributed by atoms with Gasteiger partial charge in [0, 0.05) is 30.5 Å². The first kappa shape index (κ1) is 46.2. The molecule has 8 rings (SSSR count). The third kappa shape index (κ3) is 6.73. The van der Waals surface area contributed by atoms with Gasteiger partial charge in [0.05, 0.1) is 17.3 Å². The Bertz CT molecular complexity index is 1840.